The summed E-state index contributed by atoms with van der Waals surface area (Å²) in [7, 11) is 0. The molecular weight excluding hydrogens is 456 g/mol. The van der Waals surface area contributed by atoms with E-state index in [2.05, 4.69) is 4.90 Å². The van der Waals surface area contributed by atoms with E-state index < -0.39 is 17.7 Å². The van der Waals surface area contributed by atoms with Crippen LogP contribution >= 0.6 is 11.6 Å². The van der Waals surface area contributed by atoms with Crippen LogP contribution in [0.15, 0.2) is 54.1 Å². The molecule has 0 aliphatic carbocycles. The molecule has 0 aromatic heterocycles. The molecule has 1 amide bonds. The Labute approximate surface area is 204 Å². The standard InChI is InChI=1S/C26H29ClN2O5/c1-2-34-21-10-6-18(7-11-21)23-22(24(30)19-4-8-20(27)9-5-19)25(31)26(32)29(23)13-3-12-28-14-16-33-17-15-28/h4-11,23,30H,2-3,12-17H2,1H3/b24-22+. The minimum absolute atomic E-state index is 0.0860. The number of carbonyl (C=O) groups is 2. The normalized spacial score (nSPS) is 20.6. The average molecular weight is 485 g/mol. The van der Waals surface area contributed by atoms with E-state index in [9.17, 15) is 14.7 Å². The molecule has 2 saturated heterocycles. The summed E-state index contributed by atoms with van der Waals surface area (Å²) in [6.07, 6.45) is 0.710. The lowest BCUT2D eigenvalue weighted by atomic mass is 9.95. The molecule has 1 N–H and O–H groups in total. The Morgan fingerprint density at radius 1 is 1.06 bits per heavy atom. The van der Waals surface area contributed by atoms with Crippen molar-refractivity contribution in [2.75, 3.05) is 46.0 Å². The first kappa shape index (κ1) is 24.3. The van der Waals surface area contributed by atoms with Crippen LogP contribution in [0, 0.1) is 0 Å². The summed E-state index contributed by atoms with van der Waals surface area (Å²) < 4.78 is 10.9. The maximum absolute atomic E-state index is 13.1. The maximum Gasteiger partial charge on any atom is 0.295 e. The summed E-state index contributed by atoms with van der Waals surface area (Å²) in [5, 5.41) is 11.6. The van der Waals surface area contributed by atoms with Gasteiger partial charge in [0.1, 0.15) is 11.5 Å². The number of likely N-dealkylation sites (tertiary alicyclic amines) is 1. The van der Waals surface area contributed by atoms with E-state index in [0.29, 0.717) is 49.1 Å². The molecule has 2 aliphatic heterocycles. The minimum Gasteiger partial charge on any atom is -0.507 e. The Morgan fingerprint density at radius 2 is 1.74 bits per heavy atom. The van der Waals surface area contributed by atoms with E-state index in [4.69, 9.17) is 21.1 Å². The lowest BCUT2D eigenvalue weighted by molar-refractivity contribution is -0.140. The van der Waals surface area contributed by atoms with Crippen LogP contribution in [-0.2, 0) is 14.3 Å². The zero-order chi connectivity index (χ0) is 24.1. The van der Waals surface area contributed by atoms with Gasteiger partial charge in [-0.3, -0.25) is 14.5 Å². The van der Waals surface area contributed by atoms with Gasteiger partial charge in [-0.15, -0.1) is 0 Å². The molecule has 1 atom stereocenters. The fourth-order valence-electron chi connectivity index (χ4n) is 4.42. The SMILES string of the molecule is CCOc1ccc(C2/C(=C(\O)c3ccc(Cl)cc3)C(=O)C(=O)N2CCCN2CCOCC2)cc1. The second-order valence-corrected chi connectivity index (χ2v) is 8.75. The van der Waals surface area contributed by atoms with Crippen molar-refractivity contribution >= 4 is 29.1 Å². The number of hydrogen-bond acceptors (Lipinski definition) is 6. The number of ether oxygens (including phenoxy) is 2. The van der Waals surface area contributed by atoms with Crippen LogP contribution in [0.2, 0.25) is 5.02 Å². The molecular formula is C26H29ClN2O5. The molecule has 2 heterocycles. The first-order valence-corrected chi connectivity index (χ1v) is 11.9. The Bertz CT molecular complexity index is 1050. The highest BCUT2D eigenvalue weighted by Gasteiger charge is 2.45. The zero-order valence-corrected chi connectivity index (χ0v) is 20.0. The molecule has 0 spiro atoms. The first-order chi connectivity index (χ1) is 16.5. The third-order valence-electron chi connectivity index (χ3n) is 6.14. The van der Waals surface area contributed by atoms with E-state index in [1.54, 1.807) is 29.2 Å². The monoisotopic (exact) mass is 484 g/mol. The molecule has 34 heavy (non-hydrogen) atoms. The number of carbonyl (C=O) groups excluding carboxylic acids is 2. The van der Waals surface area contributed by atoms with E-state index in [1.165, 1.54) is 0 Å². The summed E-state index contributed by atoms with van der Waals surface area (Å²) in [5.41, 5.74) is 1.26. The highest BCUT2D eigenvalue weighted by Crippen LogP contribution is 2.40. The molecule has 4 rings (SSSR count). The van der Waals surface area contributed by atoms with Gasteiger partial charge in [-0.1, -0.05) is 23.7 Å². The highest BCUT2D eigenvalue weighted by molar-refractivity contribution is 6.46. The third-order valence-corrected chi connectivity index (χ3v) is 6.39. The number of amides is 1. The molecule has 0 bridgehead atoms. The molecule has 7 nitrogen and oxygen atoms in total. The number of nitrogens with zero attached hydrogens (tertiary/aromatic N) is 2. The van der Waals surface area contributed by atoms with E-state index in [0.717, 1.165) is 25.2 Å². The van der Waals surface area contributed by atoms with E-state index in [1.807, 2.05) is 31.2 Å². The van der Waals surface area contributed by atoms with Crippen LogP contribution in [-0.4, -0.2) is 72.6 Å². The molecule has 2 aromatic rings. The van der Waals surface area contributed by atoms with Gasteiger partial charge in [0.15, 0.2) is 0 Å². The van der Waals surface area contributed by atoms with Gasteiger partial charge in [-0.05, 0) is 55.3 Å². The molecule has 2 aromatic carbocycles. The number of benzene rings is 2. The minimum atomic E-state index is -0.684. The fourth-order valence-corrected chi connectivity index (χ4v) is 4.55. The number of aliphatic hydroxyl groups excluding tert-OH is 1. The molecule has 180 valence electrons. The second-order valence-electron chi connectivity index (χ2n) is 8.31. The third kappa shape index (κ3) is 5.27. The molecule has 2 aliphatic rings. The summed E-state index contributed by atoms with van der Waals surface area (Å²) in [6, 6.07) is 13.2. The van der Waals surface area contributed by atoms with Crippen molar-refractivity contribution in [2.24, 2.45) is 0 Å². The number of aliphatic hydroxyl groups is 1. The van der Waals surface area contributed by atoms with Crippen molar-refractivity contribution < 1.29 is 24.2 Å². The lowest BCUT2D eigenvalue weighted by Gasteiger charge is -2.29. The van der Waals surface area contributed by atoms with Gasteiger partial charge in [-0.2, -0.15) is 0 Å². The zero-order valence-electron chi connectivity index (χ0n) is 19.2. The van der Waals surface area contributed by atoms with Crippen molar-refractivity contribution in [2.45, 2.75) is 19.4 Å². The van der Waals surface area contributed by atoms with Gasteiger partial charge in [0, 0.05) is 36.8 Å². The van der Waals surface area contributed by atoms with E-state index >= 15 is 0 Å². The number of hydrogen-bond donors (Lipinski definition) is 1. The van der Waals surface area contributed by atoms with Crippen LogP contribution in [0.3, 0.4) is 0 Å². The quantitative estimate of drug-likeness (QED) is 0.348. The Morgan fingerprint density at radius 3 is 2.38 bits per heavy atom. The topological polar surface area (TPSA) is 79.3 Å². The number of ketones is 1. The average Bonchev–Trinajstić information content (AvgIpc) is 3.10. The van der Waals surface area contributed by atoms with Crippen LogP contribution in [0.4, 0.5) is 0 Å². The van der Waals surface area contributed by atoms with Gasteiger partial charge in [0.25, 0.3) is 11.7 Å². The molecule has 0 saturated carbocycles. The van der Waals surface area contributed by atoms with Crippen molar-refractivity contribution in [1.82, 2.24) is 9.80 Å². The summed E-state index contributed by atoms with van der Waals surface area (Å²) in [6.45, 7) is 6.78. The van der Waals surface area contributed by atoms with E-state index in [-0.39, 0.29) is 11.3 Å². The van der Waals surface area contributed by atoms with Gasteiger partial charge in [-0.25, -0.2) is 0 Å². The largest absolute Gasteiger partial charge is 0.507 e. The Hall–Kier alpha value is -2.87. The van der Waals surface area contributed by atoms with Gasteiger partial charge < -0.3 is 19.5 Å². The highest BCUT2D eigenvalue weighted by atomic mass is 35.5. The van der Waals surface area contributed by atoms with Crippen LogP contribution in [0.25, 0.3) is 5.76 Å². The van der Waals surface area contributed by atoms with Gasteiger partial charge >= 0.3 is 0 Å². The van der Waals surface area contributed by atoms with Crippen molar-refractivity contribution in [3.63, 3.8) is 0 Å². The lowest BCUT2D eigenvalue weighted by Crippen LogP contribution is -2.38. The predicted octanol–water partition coefficient (Wildman–Crippen LogP) is 3.88. The number of morpholine rings is 1. The van der Waals surface area contributed by atoms with Crippen LogP contribution in [0.5, 0.6) is 5.75 Å². The van der Waals surface area contributed by atoms with Crippen molar-refractivity contribution in [1.29, 1.82) is 0 Å². The molecule has 8 heteroatoms. The Kier molecular flexibility index (Phi) is 7.88. The Balaban J connectivity index is 1.66. The van der Waals surface area contributed by atoms with Gasteiger partial charge in [0.05, 0.1) is 31.4 Å². The van der Waals surface area contributed by atoms with Crippen LogP contribution < -0.4 is 4.74 Å². The summed E-state index contributed by atoms with van der Waals surface area (Å²) in [5.74, 6) is -0.785. The maximum atomic E-state index is 13.1. The van der Waals surface area contributed by atoms with Crippen LogP contribution in [0.1, 0.15) is 30.5 Å². The van der Waals surface area contributed by atoms with Crippen molar-refractivity contribution in [3.05, 3.63) is 70.3 Å². The number of halogens is 1. The second kappa shape index (κ2) is 11.0. The molecule has 1 unspecified atom stereocenters. The summed E-state index contributed by atoms with van der Waals surface area (Å²) >= 11 is 5.99. The fraction of sp³-hybridized carbons (Fsp3) is 0.385. The predicted molar refractivity (Wildman–Crippen MR) is 130 cm³/mol. The molecule has 2 fully saturated rings. The summed E-state index contributed by atoms with van der Waals surface area (Å²) in [4.78, 5) is 30.1. The first-order valence-electron chi connectivity index (χ1n) is 11.6. The van der Waals surface area contributed by atoms with Crippen molar-refractivity contribution in [3.8, 4) is 5.75 Å². The number of rotatable bonds is 8. The van der Waals surface area contributed by atoms with Gasteiger partial charge in [0.2, 0.25) is 0 Å². The smallest absolute Gasteiger partial charge is 0.295 e. The molecule has 0 radical (unpaired) electrons. The number of Topliss-reactive ketones (excluding diaryl/α,β-unsaturated/α-hetero) is 1.